The van der Waals surface area contributed by atoms with Gasteiger partial charge in [-0.3, -0.25) is 9.59 Å². The van der Waals surface area contributed by atoms with Crippen molar-refractivity contribution in [1.29, 1.82) is 0 Å². The van der Waals surface area contributed by atoms with Crippen molar-refractivity contribution in [1.82, 2.24) is 34.6 Å². The Morgan fingerprint density at radius 1 is 1.06 bits per heavy atom. The predicted molar refractivity (Wildman–Crippen MR) is 136 cm³/mol. The molecule has 10 heteroatoms. The van der Waals surface area contributed by atoms with Gasteiger partial charge in [-0.05, 0) is 31.0 Å². The van der Waals surface area contributed by atoms with Gasteiger partial charge in [0, 0.05) is 63.1 Å². The Morgan fingerprint density at radius 2 is 1.81 bits per heavy atom. The number of carbonyl (C=O) groups excluding carboxylic acids is 2. The van der Waals surface area contributed by atoms with Gasteiger partial charge in [0.2, 0.25) is 5.95 Å². The predicted octanol–water partition coefficient (Wildman–Crippen LogP) is 2.74. The Kier molecular flexibility index (Phi) is 5.67. The molecule has 186 valence electrons. The van der Waals surface area contributed by atoms with Crippen LogP contribution < -0.4 is 10.6 Å². The van der Waals surface area contributed by atoms with Crippen molar-refractivity contribution >= 4 is 34.6 Å². The molecule has 0 radical (unpaired) electrons. The van der Waals surface area contributed by atoms with Crippen LogP contribution in [0, 0.1) is 0 Å². The molecule has 36 heavy (non-hydrogen) atoms. The maximum absolute atomic E-state index is 13.0. The third kappa shape index (κ3) is 4.11. The number of piperazine rings is 1. The lowest BCUT2D eigenvalue weighted by molar-refractivity contribution is 0.0705. The fourth-order valence-electron chi connectivity index (χ4n) is 5.48. The Hall–Kier alpha value is -3.79. The van der Waals surface area contributed by atoms with E-state index in [2.05, 4.69) is 37.3 Å². The number of nitrogens with zero attached hydrogens (tertiary/aromatic N) is 6. The maximum atomic E-state index is 13.0. The summed E-state index contributed by atoms with van der Waals surface area (Å²) in [7, 11) is 3.53. The van der Waals surface area contributed by atoms with Crippen LogP contribution in [0.4, 0.5) is 11.8 Å². The zero-order chi connectivity index (χ0) is 24.8. The monoisotopic (exact) mass is 486 g/mol. The Morgan fingerprint density at radius 3 is 2.47 bits per heavy atom. The lowest BCUT2D eigenvalue weighted by Crippen LogP contribution is -2.53. The number of fused-ring (bicyclic) bond motifs is 3. The first-order chi connectivity index (χ1) is 17.5. The van der Waals surface area contributed by atoms with Gasteiger partial charge in [-0.2, -0.15) is 4.98 Å². The number of rotatable bonds is 5. The van der Waals surface area contributed by atoms with E-state index in [1.165, 1.54) is 0 Å². The second kappa shape index (κ2) is 9.02. The number of hydrogen-bond donors (Lipinski definition) is 2. The van der Waals surface area contributed by atoms with Crippen molar-refractivity contribution in [2.24, 2.45) is 0 Å². The summed E-state index contributed by atoms with van der Waals surface area (Å²) in [6.07, 6.45) is 12.0. The second-order valence-electron chi connectivity index (χ2n) is 10.0. The van der Waals surface area contributed by atoms with Gasteiger partial charge in [0.15, 0.2) is 0 Å². The van der Waals surface area contributed by atoms with E-state index < -0.39 is 0 Å². The fraction of sp³-hybridized carbons (Fsp3) is 0.423. The largest absolute Gasteiger partial charge is 0.343 e. The molecule has 2 atom stereocenters. The lowest BCUT2D eigenvalue weighted by atomic mass is 10.2. The zero-order valence-corrected chi connectivity index (χ0v) is 20.5. The number of aromatic nitrogens is 4. The van der Waals surface area contributed by atoms with Gasteiger partial charge in [-0.15, -0.1) is 0 Å². The summed E-state index contributed by atoms with van der Waals surface area (Å²) in [4.78, 5) is 43.0. The molecule has 0 aromatic carbocycles. The molecule has 2 fully saturated rings. The molecular weight excluding hydrogens is 456 g/mol. The van der Waals surface area contributed by atoms with Crippen LogP contribution in [0.5, 0.6) is 0 Å². The van der Waals surface area contributed by atoms with E-state index in [4.69, 9.17) is 4.98 Å². The second-order valence-corrected chi connectivity index (χ2v) is 10.0. The van der Waals surface area contributed by atoms with E-state index in [1.54, 1.807) is 43.5 Å². The van der Waals surface area contributed by atoms with Gasteiger partial charge in [0.1, 0.15) is 17.2 Å². The molecule has 6 rings (SSSR count). The van der Waals surface area contributed by atoms with Gasteiger partial charge in [-0.1, -0.05) is 25.0 Å². The molecule has 3 aliphatic rings. The third-order valence-electron chi connectivity index (χ3n) is 7.27. The highest BCUT2D eigenvalue weighted by molar-refractivity contribution is 5.98. The summed E-state index contributed by atoms with van der Waals surface area (Å²) in [6, 6.07) is 6.14. The van der Waals surface area contributed by atoms with Crippen LogP contribution in [0.15, 0.2) is 42.7 Å². The van der Waals surface area contributed by atoms with Crippen LogP contribution in [0.1, 0.15) is 52.6 Å². The van der Waals surface area contributed by atoms with Crippen LogP contribution >= 0.6 is 0 Å². The lowest BCUT2D eigenvalue weighted by Gasteiger charge is -2.33. The average Bonchev–Trinajstić information content (AvgIpc) is 3.61. The first-order valence-corrected chi connectivity index (χ1v) is 12.5. The minimum atomic E-state index is -0.0374. The minimum Gasteiger partial charge on any atom is -0.343 e. The number of amides is 2. The van der Waals surface area contributed by atoms with Crippen LogP contribution in [0.3, 0.4) is 0 Å². The number of carbonyl (C=O) groups is 2. The van der Waals surface area contributed by atoms with E-state index in [0.717, 1.165) is 36.7 Å². The number of pyridine rings is 1. The van der Waals surface area contributed by atoms with Crippen molar-refractivity contribution in [3.63, 3.8) is 0 Å². The molecule has 2 bridgehead atoms. The molecule has 0 spiro atoms. The minimum absolute atomic E-state index is 0.0144. The molecule has 2 aliphatic heterocycles. The number of anilines is 2. The molecule has 1 saturated carbocycles. The third-order valence-corrected chi connectivity index (χ3v) is 7.27. The average molecular weight is 487 g/mol. The fourth-order valence-corrected chi connectivity index (χ4v) is 5.48. The van der Waals surface area contributed by atoms with Gasteiger partial charge in [0.25, 0.3) is 11.8 Å². The molecule has 2 unspecified atom stereocenters. The standard InChI is InChI=1S/C26H30N8O2/c1-32(2)25(36)21-11-17-13-28-26(31-23(17)34(21)20-5-3-4-6-20)30-22-10-7-16(12-27-22)24(35)33-14-18-8-9-19(15-33)29-18/h7-13,18-20,29H,3-6,14-15H2,1-2H3,(H,27,28,30,31). The van der Waals surface area contributed by atoms with Gasteiger partial charge in [-0.25, -0.2) is 9.97 Å². The normalized spacial score (nSPS) is 21.3. The highest BCUT2D eigenvalue weighted by Gasteiger charge is 2.31. The summed E-state index contributed by atoms with van der Waals surface area (Å²) < 4.78 is 2.09. The first-order valence-electron chi connectivity index (χ1n) is 12.5. The molecule has 3 aromatic rings. The quantitative estimate of drug-likeness (QED) is 0.534. The van der Waals surface area contributed by atoms with Gasteiger partial charge in [0.05, 0.1) is 5.56 Å². The molecule has 2 amide bonds. The molecule has 3 aromatic heterocycles. The van der Waals surface area contributed by atoms with Gasteiger partial charge >= 0.3 is 0 Å². The Bertz CT molecular complexity index is 1330. The van der Waals surface area contributed by atoms with Crippen LogP contribution in [-0.4, -0.2) is 80.4 Å². The van der Waals surface area contributed by atoms with Crippen molar-refractivity contribution in [2.75, 3.05) is 32.5 Å². The number of nitrogens with one attached hydrogen (secondary N) is 2. The molecule has 5 heterocycles. The topological polar surface area (TPSA) is 108 Å². The van der Waals surface area contributed by atoms with Crippen LogP contribution in [0.2, 0.25) is 0 Å². The zero-order valence-electron chi connectivity index (χ0n) is 20.5. The number of hydrogen-bond acceptors (Lipinski definition) is 7. The van der Waals surface area contributed by atoms with Crippen molar-refractivity contribution in [3.05, 3.63) is 54.0 Å². The summed E-state index contributed by atoms with van der Waals surface area (Å²) in [6.45, 7) is 1.33. The van der Waals surface area contributed by atoms with Crippen molar-refractivity contribution in [3.8, 4) is 0 Å². The summed E-state index contributed by atoms with van der Waals surface area (Å²) in [5, 5.41) is 7.44. The van der Waals surface area contributed by atoms with E-state index in [-0.39, 0.29) is 29.9 Å². The SMILES string of the molecule is CN(C)C(=O)c1cc2cnc(Nc3ccc(C(=O)N4CC5C=CC(C4)N5)cn3)nc2n1C1CCCC1. The van der Waals surface area contributed by atoms with Crippen molar-refractivity contribution < 1.29 is 9.59 Å². The summed E-state index contributed by atoms with van der Waals surface area (Å²) in [5.74, 6) is 0.903. The summed E-state index contributed by atoms with van der Waals surface area (Å²) in [5.41, 5.74) is 1.95. The molecule has 1 aliphatic carbocycles. The van der Waals surface area contributed by atoms with E-state index in [9.17, 15) is 9.59 Å². The molecular formula is C26H30N8O2. The molecule has 1 saturated heterocycles. The van der Waals surface area contributed by atoms with E-state index in [1.807, 2.05) is 11.0 Å². The first kappa shape index (κ1) is 22.7. The maximum Gasteiger partial charge on any atom is 0.270 e. The summed E-state index contributed by atoms with van der Waals surface area (Å²) >= 11 is 0. The van der Waals surface area contributed by atoms with E-state index in [0.29, 0.717) is 36.1 Å². The molecule has 2 N–H and O–H groups in total. The van der Waals surface area contributed by atoms with Gasteiger partial charge < -0.3 is 25.0 Å². The molecule has 10 nitrogen and oxygen atoms in total. The highest BCUT2D eigenvalue weighted by atomic mass is 16.2. The van der Waals surface area contributed by atoms with Crippen molar-refractivity contribution in [2.45, 2.75) is 43.8 Å². The smallest absolute Gasteiger partial charge is 0.270 e. The van der Waals surface area contributed by atoms with Crippen LogP contribution in [0.25, 0.3) is 11.0 Å². The Balaban J connectivity index is 1.23. The van der Waals surface area contributed by atoms with Crippen LogP contribution in [-0.2, 0) is 0 Å². The Labute approximate surface area is 209 Å². The highest BCUT2D eigenvalue weighted by Crippen LogP contribution is 2.35. The van der Waals surface area contributed by atoms with E-state index >= 15 is 0 Å².